The molecule has 0 atom stereocenters. The van der Waals surface area contributed by atoms with Gasteiger partial charge in [0.25, 0.3) is 5.69 Å². The zero-order valence-electron chi connectivity index (χ0n) is 14.5. The quantitative estimate of drug-likeness (QED) is 0.493. The van der Waals surface area contributed by atoms with Gasteiger partial charge in [-0.2, -0.15) is 0 Å². The van der Waals surface area contributed by atoms with E-state index in [2.05, 4.69) is 10.6 Å². The molecule has 27 heavy (non-hydrogen) atoms. The van der Waals surface area contributed by atoms with Crippen molar-refractivity contribution < 1.29 is 9.72 Å². The molecular weight excluding hydrogens is 342 g/mol. The number of rotatable bonds is 7. The highest BCUT2D eigenvalue weighted by molar-refractivity contribution is 5.92. The van der Waals surface area contributed by atoms with Crippen LogP contribution in [0, 0.1) is 10.1 Å². The molecule has 0 saturated carbocycles. The van der Waals surface area contributed by atoms with Gasteiger partial charge in [-0.15, -0.1) is 0 Å². The highest BCUT2D eigenvalue weighted by atomic mass is 16.6. The number of hydrogen-bond acceptors (Lipinski definition) is 4. The number of anilines is 1. The molecule has 2 N–H and O–H groups in total. The third-order valence-corrected chi connectivity index (χ3v) is 4.09. The maximum Gasteiger partial charge on any atom is 0.269 e. The van der Waals surface area contributed by atoms with Crippen LogP contribution in [-0.2, 0) is 4.79 Å². The third kappa shape index (κ3) is 4.99. The van der Waals surface area contributed by atoms with Gasteiger partial charge in [0.2, 0.25) is 5.91 Å². The van der Waals surface area contributed by atoms with E-state index in [1.807, 2.05) is 60.7 Å². The van der Waals surface area contributed by atoms with E-state index in [9.17, 15) is 14.9 Å². The first-order valence-corrected chi connectivity index (χ1v) is 8.51. The Morgan fingerprint density at radius 1 is 0.852 bits per heavy atom. The summed E-state index contributed by atoms with van der Waals surface area (Å²) in [5.41, 5.74) is 2.63. The van der Waals surface area contributed by atoms with Crippen LogP contribution < -0.4 is 10.6 Å². The molecule has 0 aliphatic heterocycles. The monoisotopic (exact) mass is 361 g/mol. The summed E-state index contributed by atoms with van der Waals surface area (Å²) in [6.45, 7) is 0.103. The van der Waals surface area contributed by atoms with Crippen molar-refractivity contribution in [3.8, 4) is 0 Å². The number of nitro groups is 1. The summed E-state index contributed by atoms with van der Waals surface area (Å²) in [5, 5.41) is 16.7. The minimum absolute atomic E-state index is 0.0145. The Morgan fingerprint density at radius 2 is 1.37 bits per heavy atom. The fourth-order valence-corrected chi connectivity index (χ4v) is 2.79. The number of nitro benzene ring substituents is 1. The number of carbonyl (C=O) groups is 1. The fourth-order valence-electron chi connectivity index (χ4n) is 2.79. The number of amides is 1. The van der Waals surface area contributed by atoms with Crippen molar-refractivity contribution in [1.82, 2.24) is 5.32 Å². The Bertz CT molecular complexity index is 857. The molecule has 0 bridgehead atoms. The molecule has 1 amide bonds. The first-order valence-electron chi connectivity index (χ1n) is 8.51. The summed E-state index contributed by atoms with van der Waals surface area (Å²) in [6.07, 6.45) is 0. The minimum Gasteiger partial charge on any atom is -0.325 e. The predicted octanol–water partition coefficient (Wildman–Crippen LogP) is 3.91. The molecule has 0 aliphatic rings. The van der Waals surface area contributed by atoms with E-state index >= 15 is 0 Å². The lowest BCUT2D eigenvalue weighted by Gasteiger charge is -2.19. The number of nitrogens with one attached hydrogen (secondary N) is 2. The van der Waals surface area contributed by atoms with E-state index in [1.54, 1.807) is 0 Å². The maximum atomic E-state index is 12.3. The van der Waals surface area contributed by atoms with Gasteiger partial charge in [-0.25, -0.2) is 0 Å². The average Bonchev–Trinajstić information content (AvgIpc) is 2.70. The van der Waals surface area contributed by atoms with Crippen LogP contribution in [0.4, 0.5) is 11.4 Å². The Hall–Kier alpha value is -3.51. The molecule has 0 aromatic heterocycles. The van der Waals surface area contributed by atoms with Crippen LogP contribution in [0.15, 0.2) is 84.9 Å². The van der Waals surface area contributed by atoms with E-state index in [4.69, 9.17) is 0 Å². The largest absolute Gasteiger partial charge is 0.325 e. The highest BCUT2D eigenvalue weighted by Crippen LogP contribution is 2.21. The lowest BCUT2D eigenvalue weighted by molar-refractivity contribution is -0.384. The lowest BCUT2D eigenvalue weighted by Crippen LogP contribution is -2.31. The molecule has 0 spiro atoms. The van der Waals surface area contributed by atoms with Crippen molar-refractivity contribution in [2.75, 3.05) is 11.9 Å². The molecule has 0 aliphatic carbocycles. The molecule has 0 radical (unpaired) electrons. The average molecular weight is 361 g/mol. The topological polar surface area (TPSA) is 84.3 Å². The fraction of sp³-hybridized carbons (Fsp3) is 0.0952. The van der Waals surface area contributed by atoms with Gasteiger partial charge in [0.15, 0.2) is 0 Å². The van der Waals surface area contributed by atoms with E-state index in [1.165, 1.54) is 24.3 Å². The first kappa shape index (κ1) is 18.3. The number of benzene rings is 3. The summed E-state index contributed by atoms with van der Waals surface area (Å²) in [7, 11) is 0. The zero-order chi connectivity index (χ0) is 19.1. The molecule has 3 aromatic carbocycles. The number of carbonyl (C=O) groups excluding carboxylic acids is 1. The second-order valence-corrected chi connectivity index (χ2v) is 5.99. The second kappa shape index (κ2) is 8.73. The summed E-state index contributed by atoms with van der Waals surface area (Å²) in [4.78, 5) is 22.5. The number of hydrogen-bond donors (Lipinski definition) is 2. The zero-order valence-corrected chi connectivity index (χ0v) is 14.5. The van der Waals surface area contributed by atoms with Gasteiger partial charge in [0.05, 0.1) is 17.5 Å². The number of non-ortho nitro benzene ring substituents is 1. The van der Waals surface area contributed by atoms with Crippen molar-refractivity contribution >= 4 is 17.3 Å². The molecule has 3 rings (SSSR count). The van der Waals surface area contributed by atoms with Crippen LogP contribution in [0.5, 0.6) is 0 Å². The molecule has 6 nitrogen and oxygen atoms in total. The van der Waals surface area contributed by atoms with Crippen molar-refractivity contribution in [3.05, 3.63) is 106 Å². The van der Waals surface area contributed by atoms with Gasteiger partial charge in [0, 0.05) is 17.8 Å². The van der Waals surface area contributed by atoms with Gasteiger partial charge >= 0.3 is 0 Å². The van der Waals surface area contributed by atoms with Gasteiger partial charge in [-0.3, -0.25) is 20.2 Å². The van der Waals surface area contributed by atoms with E-state index < -0.39 is 4.92 Å². The molecule has 0 unspecified atom stereocenters. The summed E-state index contributed by atoms with van der Waals surface area (Å²) in [6, 6.07) is 25.4. The molecule has 3 aromatic rings. The maximum absolute atomic E-state index is 12.3. The molecule has 136 valence electrons. The van der Waals surface area contributed by atoms with Crippen molar-refractivity contribution in [3.63, 3.8) is 0 Å². The SMILES string of the molecule is O=C(CNC(c1ccccc1)c1ccccc1)Nc1ccc([N+](=O)[O-])cc1. The summed E-state index contributed by atoms with van der Waals surface area (Å²) < 4.78 is 0. The summed E-state index contributed by atoms with van der Waals surface area (Å²) >= 11 is 0. The minimum atomic E-state index is -0.475. The second-order valence-electron chi connectivity index (χ2n) is 5.99. The Kier molecular flexibility index (Phi) is 5.91. The Balaban J connectivity index is 1.66. The van der Waals surface area contributed by atoms with E-state index in [0.29, 0.717) is 5.69 Å². The van der Waals surface area contributed by atoms with Crippen LogP contribution in [0.25, 0.3) is 0 Å². The van der Waals surface area contributed by atoms with Crippen LogP contribution in [0.3, 0.4) is 0 Å². The van der Waals surface area contributed by atoms with Gasteiger partial charge in [-0.1, -0.05) is 60.7 Å². The normalized spacial score (nSPS) is 10.6. The van der Waals surface area contributed by atoms with Crippen molar-refractivity contribution in [1.29, 1.82) is 0 Å². The molecule has 6 heteroatoms. The highest BCUT2D eigenvalue weighted by Gasteiger charge is 2.15. The Morgan fingerprint density at radius 3 is 1.85 bits per heavy atom. The van der Waals surface area contributed by atoms with Crippen LogP contribution in [-0.4, -0.2) is 17.4 Å². The molecule has 0 heterocycles. The molecule has 0 fully saturated rings. The molecular formula is C21H19N3O3. The van der Waals surface area contributed by atoms with Crippen molar-refractivity contribution in [2.24, 2.45) is 0 Å². The van der Waals surface area contributed by atoms with Gasteiger partial charge in [0.1, 0.15) is 0 Å². The van der Waals surface area contributed by atoms with Crippen LogP contribution in [0.2, 0.25) is 0 Å². The lowest BCUT2D eigenvalue weighted by atomic mass is 9.99. The Labute approximate surface area is 157 Å². The third-order valence-electron chi connectivity index (χ3n) is 4.09. The van der Waals surface area contributed by atoms with Crippen molar-refractivity contribution in [2.45, 2.75) is 6.04 Å². The van der Waals surface area contributed by atoms with Crippen LogP contribution in [0.1, 0.15) is 17.2 Å². The smallest absolute Gasteiger partial charge is 0.269 e. The summed E-state index contributed by atoms with van der Waals surface area (Å²) in [5.74, 6) is -0.222. The van der Waals surface area contributed by atoms with Gasteiger partial charge in [-0.05, 0) is 23.3 Å². The van der Waals surface area contributed by atoms with E-state index in [0.717, 1.165) is 11.1 Å². The molecule has 0 saturated heterocycles. The predicted molar refractivity (Wildman–Crippen MR) is 104 cm³/mol. The number of nitrogens with zero attached hydrogens (tertiary/aromatic N) is 1. The van der Waals surface area contributed by atoms with E-state index in [-0.39, 0.29) is 24.2 Å². The van der Waals surface area contributed by atoms with Crippen LogP contribution >= 0.6 is 0 Å². The first-order chi connectivity index (χ1) is 13.1. The standard InChI is InChI=1S/C21H19N3O3/c25-20(23-18-11-13-19(14-12-18)24(26)27)15-22-21(16-7-3-1-4-8-16)17-9-5-2-6-10-17/h1-14,21-22H,15H2,(H,23,25). The van der Waals surface area contributed by atoms with Gasteiger partial charge < -0.3 is 5.32 Å².